The molecular weight excluding hydrogens is 204 g/mol. The van der Waals surface area contributed by atoms with E-state index in [1.54, 1.807) is 11.3 Å². The first kappa shape index (κ1) is 11.1. The highest BCUT2D eigenvalue weighted by molar-refractivity contribution is 7.10. The van der Waals surface area contributed by atoms with Gasteiger partial charge in [0.05, 0.1) is 6.04 Å². The third-order valence-electron chi connectivity index (χ3n) is 3.28. The van der Waals surface area contributed by atoms with Gasteiger partial charge in [0.1, 0.15) is 0 Å². The van der Waals surface area contributed by atoms with Crippen LogP contribution in [0.1, 0.15) is 37.1 Å². The SMILES string of the molecule is CC1CCCCN1CC(N)c1cccs1. The smallest absolute Gasteiger partial charge is 0.0519 e. The van der Waals surface area contributed by atoms with Crippen LogP contribution in [-0.2, 0) is 0 Å². The first-order valence-corrected chi connectivity index (χ1v) is 6.68. The van der Waals surface area contributed by atoms with Gasteiger partial charge in [0.25, 0.3) is 0 Å². The van der Waals surface area contributed by atoms with Crippen LogP contribution in [0.3, 0.4) is 0 Å². The molecule has 84 valence electrons. The summed E-state index contributed by atoms with van der Waals surface area (Å²) >= 11 is 1.77. The fourth-order valence-electron chi connectivity index (χ4n) is 2.27. The monoisotopic (exact) mass is 224 g/mol. The topological polar surface area (TPSA) is 29.3 Å². The van der Waals surface area contributed by atoms with E-state index in [9.17, 15) is 0 Å². The Hall–Kier alpha value is -0.380. The molecule has 1 saturated heterocycles. The van der Waals surface area contributed by atoms with Gasteiger partial charge in [0.15, 0.2) is 0 Å². The zero-order valence-corrected chi connectivity index (χ0v) is 10.2. The Morgan fingerprint density at radius 2 is 2.47 bits per heavy atom. The van der Waals surface area contributed by atoms with E-state index in [-0.39, 0.29) is 6.04 Å². The van der Waals surface area contributed by atoms with E-state index in [1.807, 2.05) is 0 Å². The summed E-state index contributed by atoms with van der Waals surface area (Å²) < 4.78 is 0. The van der Waals surface area contributed by atoms with Gasteiger partial charge in [-0.2, -0.15) is 0 Å². The van der Waals surface area contributed by atoms with Crippen LogP contribution < -0.4 is 5.73 Å². The van der Waals surface area contributed by atoms with Crippen molar-refractivity contribution in [1.29, 1.82) is 0 Å². The van der Waals surface area contributed by atoms with Gasteiger partial charge in [-0.15, -0.1) is 11.3 Å². The summed E-state index contributed by atoms with van der Waals surface area (Å²) in [5.41, 5.74) is 6.20. The van der Waals surface area contributed by atoms with Crippen LogP contribution >= 0.6 is 11.3 Å². The number of nitrogens with zero attached hydrogens (tertiary/aromatic N) is 1. The van der Waals surface area contributed by atoms with E-state index in [0.29, 0.717) is 6.04 Å². The Labute approximate surface area is 96.1 Å². The van der Waals surface area contributed by atoms with E-state index in [2.05, 4.69) is 29.3 Å². The Morgan fingerprint density at radius 3 is 3.13 bits per heavy atom. The average Bonchev–Trinajstić information content (AvgIpc) is 2.74. The molecule has 0 aromatic carbocycles. The molecule has 2 N–H and O–H groups in total. The van der Waals surface area contributed by atoms with Crippen molar-refractivity contribution in [2.24, 2.45) is 5.73 Å². The Balaban J connectivity index is 1.90. The number of rotatable bonds is 3. The van der Waals surface area contributed by atoms with Crippen LogP contribution in [0.2, 0.25) is 0 Å². The maximum absolute atomic E-state index is 6.20. The maximum Gasteiger partial charge on any atom is 0.0519 e. The molecule has 0 spiro atoms. The number of nitrogens with two attached hydrogens (primary N) is 1. The van der Waals surface area contributed by atoms with Crippen molar-refractivity contribution in [2.45, 2.75) is 38.3 Å². The molecule has 1 aliphatic rings. The van der Waals surface area contributed by atoms with Crippen molar-refractivity contribution in [3.8, 4) is 0 Å². The van der Waals surface area contributed by atoms with E-state index in [4.69, 9.17) is 5.73 Å². The Kier molecular flexibility index (Phi) is 3.78. The van der Waals surface area contributed by atoms with Crippen LogP contribution in [0.4, 0.5) is 0 Å². The molecule has 0 saturated carbocycles. The van der Waals surface area contributed by atoms with Gasteiger partial charge in [-0.1, -0.05) is 12.5 Å². The van der Waals surface area contributed by atoms with E-state index >= 15 is 0 Å². The molecule has 1 aromatic heterocycles. The van der Waals surface area contributed by atoms with E-state index < -0.39 is 0 Å². The number of piperidine rings is 1. The number of hydrogen-bond acceptors (Lipinski definition) is 3. The molecule has 2 unspecified atom stereocenters. The maximum atomic E-state index is 6.20. The summed E-state index contributed by atoms with van der Waals surface area (Å²) in [7, 11) is 0. The molecule has 0 bridgehead atoms. The lowest BCUT2D eigenvalue weighted by molar-refractivity contribution is 0.152. The predicted molar refractivity (Wildman–Crippen MR) is 66.1 cm³/mol. The van der Waals surface area contributed by atoms with Crippen LogP contribution in [-0.4, -0.2) is 24.0 Å². The van der Waals surface area contributed by atoms with Gasteiger partial charge in [-0.25, -0.2) is 0 Å². The van der Waals surface area contributed by atoms with Gasteiger partial charge >= 0.3 is 0 Å². The van der Waals surface area contributed by atoms with Crippen LogP contribution in [0.5, 0.6) is 0 Å². The first-order valence-electron chi connectivity index (χ1n) is 5.80. The second-order valence-corrected chi connectivity index (χ2v) is 5.44. The highest BCUT2D eigenvalue weighted by atomic mass is 32.1. The van der Waals surface area contributed by atoms with Crippen LogP contribution in [0.15, 0.2) is 17.5 Å². The minimum absolute atomic E-state index is 0.200. The highest BCUT2D eigenvalue weighted by Gasteiger charge is 2.20. The third kappa shape index (κ3) is 2.80. The summed E-state index contributed by atoms with van der Waals surface area (Å²) in [5.74, 6) is 0. The van der Waals surface area contributed by atoms with E-state index in [0.717, 1.165) is 6.54 Å². The van der Waals surface area contributed by atoms with Gasteiger partial charge in [0.2, 0.25) is 0 Å². The van der Waals surface area contributed by atoms with E-state index in [1.165, 1.54) is 30.7 Å². The lowest BCUT2D eigenvalue weighted by atomic mass is 10.0. The fourth-order valence-corrected chi connectivity index (χ4v) is 2.99. The van der Waals surface area contributed by atoms with Crippen molar-refractivity contribution in [1.82, 2.24) is 4.90 Å². The van der Waals surface area contributed by atoms with Crippen molar-refractivity contribution in [3.05, 3.63) is 22.4 Å². The second kappa shape index (κ2) is 5.10. The largest absolute Gasteiger partial charge is 0.322 e. The zero-order chi connectivity index (χ0) is 10.7. The number of thiophene rings is 1. The molecule has 3 heteroatoms. The molecule has 2 atom stereocenters. The Bertz CT molecular complexity index is 284. The zero-order valence-electron chi connectivity index (χ0n) is 9.36. The molecule has 2 heterocycles. The lowest BCUT2D eigenvalue weighted by Gasteiger charge is -2.34. The molecular formula is C12H20N2S. The molecule has 1 fully saturated rings. The summed E-state index contributed by atoms with van der Waals surface area (Å²) in [6.45, 7) is 4.56. The van der Waals surface area contributed by atoms with Crippen LogP contribution in [0.25, 0.3) is 0 Å². The molecule has 2 nitrogen and oxygen atoms in total. The first-order chi connectivity index (χ1) is 7.27. The van der Waals surface area contributed by atoms with Crippen LogP contribution in [0, 0.1) is 0 Å². The molecule has 2 rings (SSSR count). The van der Waals surface area contributed by atoms with Gasteiger partial charge in [-0.3, -0.25) is 4.90 Å². The lowest BCUT2D eigenvalue weighted by Crippen LogP contribution is -2.41. The quantitative estimate of drug-likeness (QED) is 0.855. The molecule has 0 radical (unpaired) electrons. The summed E-state index contributed by atoms with van der Waals surface area (Å²) in [6.07, 6.45) is 4.05. The average molecular weight is 224 g/mol. The number of likely N-dealkylation sites (tertiary alicyclic amines) is 1. The minimum Gasteiger partial charge on any atom is -0.322 e. The highest BCUT2D eigenvalue weighted by Crippen LogP contribution is 2.22. The summed E-state index contributed by atoms with van der Waals surface area (Å²) in [5, 5.41) is 2.11. The van der Waals surface area contributed by atoms with Crippen molar-refractivity contribution in [2.75, 3.05) is 13.1 Å². The summed E-state index contributed by atoms with van der Waals surface area (Å²) in [6, 6.07) is 5.14. The Morgan fingerprint density at radius 1 is 1.60 bits per heavy atom. The van der Waals surface area contributed by atoms with Crippen molar-refractivity contribution >= 4 is 11.3 Å². The second-order valence-electron chi connectivity index (χ2n) is 4.46. The molecule has 1 aromatic rings. The molecule has 15 heavy (non-hydrogen) atoms. The third-order valence-corrected chi connectivity index (χ3v) is 4.28. The number of hydrogen-bond donors (Lipinski definition) is 1. The van der Waals surface area contributed by atoms with Gasteiger partial charge < -0.3 is 5.73 Å². The standard InChI is InChI=1S/C12H20N2S/c1-10-5-2-3-7-14(10)9-11(13)12-6-4-8-15-12/h4,6,8,10-11H,2-3,5,7,9,13H2,1H3. The van der Waals surface area contributed by atoms with Crippen molar-refractivity contribution < 1.29 is 0 Å². The fraction of sp³-hybridized carbons (Fsp3) is 0.667. The predicted octanol–water partition coefficient (Wildman–Crippen LogP) is 2.62. The normalized spacial score (nSPS) is 25.3. The molecule has 0 aliphatic carbocycles. The van der Waals surface area contributed by atoms with Gasteiger partial charge in [0, 0.05) is 17.5 Å². The molecule has 1 aliphatic heterocycles. The van der Waals surface area contributed by atoms with Gasteiger partial charge in [-0.05, 0) is 37.8 Å². The molecule has 0 amide bonds. The minimum atomic E-state index is 0.200. The summed E-state index contributed by atoms with van der Waals surface area (Å²) in [4.78, 5) is 3.85. The van der Waals surface area contributed by atoms with Crippen molar-refractivity contribution in [3.63, 3.8) is 0 Å².